The molecule has 0 bridgehead atoms. The van der Waals surface area contributed by atoms with Gasteiger partial charge in [-0.3, -0.25) is 24.3 Å². The fourth-order valence-electron chi connectivity index (χ4n) is 3.44. The first-order chi connectivity index (χ1) is 14.0. The first-order valence-electron chi connectivity index (χ1n) is 9.87. The van der Waals surface area contributed by atoms with Crippen LogP contribution in [0.4, 0.5) is 4.79 Å². The molecule has 3 rings (SSSR count). The standard InChI is InChI=1S/C21H26N4O5/c1-12-23-15-9-8-13(11-22-20(29)30-21(2,3)4)10-14(15)19(28)25(12)16-6-5-7-17(26)24-18(16)27/h8-10,16H,5-7,11H2,1-4H3,(H,22,29)(H,24,26,27). The van der Waals surface area contributed by atoms with E-state index in [4.69, 9.17) is 4.74 Å². The number of amides is 3. The molecule has 0 radical (unpaired) electrons. The summed E-state index contributed by atoms with van der Waals surface area (Å²) >= 11 is 0. The molecular weight excluding hydrogens is 388 g/mol. The first kappa shape index (κ1) is 21.5. The molecular formula is C21H26N4O5. The lowest BCUT2D eigenvalue weighted by Crippen LogP contribution is -2.39. The van der Waals surface area contributed by atoms with E-state index in [1.165, 1.54) is 4.57 Å². The van der Waals surface area contributed by atoms with E-state index >= 15 is 0 Å². The lowest BCUT2D eigenvalue weighted by molar-refractivity contribution is -0.131. The SMILES string of the molecule is Cc1nc2ccc(CNC(=O)OC(C)(C)C)cc2c(=O)n1C1CCCC(=O)NC1=O. The molecule has 1 unspecified atom stereocenters. The Bertz CT molecular complexity index is 1070. The van der Waals surface area contributed by atoms with Crippen molar-refractivity contribution in [3.63, 3.8) is 0 Å². The molecule has 2 N–H and O–H groups in total. The maximum atomic E-state index is 13.2. The normalized spacial score (nSPS) is 17.4. The smallest absolute Gasteiger partial charge is 0.407 e. The van der Waals surface area contributed by atoms with Crippen molar-refractivity contribution in [1.82, 2.24) is 20.2 Å². The topological polar surface area (TPSA) is 119 Å². The van der Waals surface area contributed by atoms with E-state index in [0.717, 1.165) is 0 Å². The molecule has 1 aromatic heterocycles. The van der Waals surface area contributed by atoms with Gasteiger partial charge in [0.25, 0.3) is 5.56 Å². The van der Waals surface area contributed by atoms with Gasteiger partial charge in [-0.25, -0.2) is 9.78 Å². The number of carbonyl (C=O) groups is 3. The van der Waals surface area contributed by atoms with E-state index in [1.807, 2.05) is 0 Å². The predicted molar refractivity (Wildman–Crippen MR) is 110 cm³/mol. The van der Waals surface area contributed by atoms with Gasteiger partial charge < -0.3 is 10.1 Å². The Morgan fingerprint density at radius 3 is 2.73 bits per heavy atom. The van der Waals surface area contributed by atoms with Crippen LogP contribution < -0.4 is 16.2 Å². The van der Waals surface area contributed by atoms with E-state index in [0.29, 0.717) is 35.1 Å². The fourth-order valence-corrected chi connectivity index (χ4v) is 3.44. The minimum atomic E-state index is -0.788. The summed E-state index contributed by atoms with van der Waals surface area (Å²) in [5.41, 5.74) is 0.234. The Hall–Kier alpha value is -3.23. The van der Waals surface area contributed by atoms with Crippen LogP contribution in [0.25, 0.3) is 10.9 Å². The van der Waals surface area contributed by atoms with Crippen molar-refractivity contribution >= 4 is 28.8 Å². The largest absolute Gasteiger partial charge is 0.444 e. The number of imide groups is 1. The molecule has 1 aliphatic rings. The predicted octanol–water partition coefficient (Wildman–Crippen LogP) is 2.10. The van der Waals surface area contributed by atoms with Gasteiger partial charge in [0, 0.05) is 13.0 Å². The molecule has 0 aliphatic carbocycles. The highest BCUT2D eigenvalue weighted by atomic mass is 16.6. The highest BCUT2D eigenvalue weighted by Gasteiger charge is 2.28. The van der Waals surface area contributed by atoms with Crippen molar-refractivity contribution in [1.29, 1.82) is 0 Å². The molecule has 9 nitrogen and oxygen atoms in total. The molecule has 0 spiro atoms. The summed E-state index contributed by atoms with van der Waals surface area (Å²) in [5.74, 6) is -0.425. The van der Waals surface area contributed by atoms with E-state index in [-0.39, 0.29) is 24.4 Å². The van der Waals surface area contributed by atoms with Crippen LogP contribution in [0.3, 0.4) is 0 Å². The van der Waals surface area contributed by atoms with Crippen LogP contribution in [0.2, 0.25) is 0 Å². The number of aryl methyl sites for hydroxylation is 1. The number of benzene rings is 1. The van der Waals surface area contributed by atoms with Crippen LogP contribution in [-0.2, 0) is 20.9 Å². The molecule has 3 amide bonds. The van der Waals surface area contributed by atoms with Gasteiger partial charge in [0.2, 0.25) is 11.8 Å². The van der Waals surface area contributed by atoms with Crippen molar-refractivity contribution in [3.8, 4) is 0 Å². The molecule has 9 heteroatoms. The Kier molecular flexibility index (Phi) is 5.91. The fraction of sp³-hybridized carbons (Fsp3) is 0.476. The van der Waals surface area contributed by atoms with Gasteiger partial charge in [0.15, 0.2) is 0 Å². The summed E-state index contributed by atoms with van der Waals surface area (Å²) in [5, 5.41) is 5.33. The second-order valence-electron chi connectivity index (χ2n) is 8.36. The minimum absolute atomic E-state index is 0.177. The number of nitrogens with one attached hydrogen (secondary N) is 2. The Balaban J connectivity index is 1.91. The average molecular weight is 414 g/mol. The monoisotopic (exact) mass is 414 g/mol. The summed E-state index contributed by atoms with van der Waals surface area (Å²) in [6, 6.07) is 4.34. The first-order valence-corrected chi connectivity index (χ1v) is 9.87. The van der Waals surface area contributed by atoms with Gasteiger partial charge in [0.1, 0.15) is 17.5 Å². The second kappa shape index (κ2) is 8.25. The summed E-state index contributed by atoms with van der Waals surface area (Å²) in [7, 11) is 0. The third kappa shape index (κ3) is 4.84. The number of ether oxygens (including phenoxy) is 1. The number of rotatable bonds is 3. The zero-order valence-electron chi connectivity index (χ0n) is 17.6. The van der Waals surface area contributed by atoms with Gasteiger partial charge >= 0.3 is 6.09 Å². The Labute approximate surface area is 173 Å². The van der Waals surface area contributed by atoms with Crippen LogP contribution in [-0.4, -0.2) is 33.1 Å². The molecule has 1 atom stereocenters. The summed E-state index contributed by atoms with van der Waals surface area (Å²) in [4.78, 5) is 53.6. The molecule has 0 saturated carbocycles. The Morgan fingerprint density at radius 2 is 2.03 bits per heavy atom. The summed E-state index contributed by atoms with van der Waals surface area (Å²) in [6.07, 6.45) is 0.580. The zero-order chi connectivity index (χ0) is 22.1. The number of alkyl carbamates (subject to hydrolysis) is 1. The highest BCUT2D eigenvalue weighted by molar-refractivity contribution is 5.98. The van der Waals surface area contributed by atoms with E-state index in [9.17, 15) is 19.2 Å². The van der Waals surface area contributed by atoms with Gasteiger partial charge in [-0.1, -0.05) is 6.07 Å². The van der Waals surface area contributed by atoms with E-state index in [2.05, 4.69) is 15.6 Å². The minimum Gasteiger partial charge on any atom is -0.444 e. The maximum absolute atomic E-state index is 13.2. The molecule has 2 heterocycles. The third-order valence-electron chi connectivity index (χ3n) is 4.74. The molecule has 1 aliphatic heterocycles. The average Bonchev–Trinajstić information content (AvgIpc) is 2.79. The zero-order valence-corrected chi connectivity index (χ0v) is 17.6. The maximum Gasteiger partial charge on any atom is 0.407 e. The number of aromatic nitrogens is 2. The molecule has 160 valence electrons. The number of hydrogen-bond acceptors (Lipinski definition) is 6. The molecule has 1 fully saturated rings. The van der Waals surface area contributed by atoms with Crippen LogP contribution in [0.1, 0.15) is 57.5 Å². The summed E-state index contributed by atoms with van der Waals surface area (Å²) in [6.45, 7) is 7.16. The van der Waals surface area contributed by atoms with E-state index < -0.39 is 23.6 Å². The highest BCUT2D eigenvalue weighted by Crippen LogP contribution is 2.20. The van der Waals surface area contributed by atoms with Gasteiger partial charge in [-0.05, 0) is 58.2 Å². The third-order valence-corrected chi connectivity index (χ3v) is 4.74. The summed E-state index contributed by atoms with van der Waals surface area (Å²) < 4.78 is 6.57. The number of carbonyl (C=O) groups excluding carboxylic acids is 3. The molecule has 1 saturated heterocycles. The lowest BCUT2D eigenvalue weighted by atomic mass is 10.1. The van der Waals surface area contributed by atoms with Gasteiger partial charge in [-0.2, -0.15) is 0 Å². The van der Waals surface area contributed by atoms with E-state index in [1.54, 1.807) is 45.9 Å². The molecule has 2 aromatic rings. The van der Waals surface area contributed by atoms with Gasteiger partial charge in [0.05, 0.1) is 10.9 Å². The van der Waals surface area contributed by atoms with Crippen LogP contribution in [0.5, 0.6) is 0 Å². The van der Waals surface area contributed by atoms with Crippen molar-refractivity contribution < 1.29 is 19.1 Å². The van der Waals surface area contributed by atoms with Crippen LogP contribution in [0.15, 0.2) is 23.0 Å². The van der Waals surface area contributed by atoms with Gasteiger partial charge in [-0.15, -0.1) is 0 Å². The van der Waals surface area contributed by atoms with Crippen molar-refractivity contribution in [2.45, 2.75) is 65.1 Å². The number of hydrogen-bond donors (Lipinski definition) is 2. The molecule has 30 heavy (non-hydrogen) atoms. The molecule has 1 aromatic carbocycles. The van der Waals surface area contributed by atoms with Crippen molar-refractivity contribution in [3.05, 3.63) is 39.9 Å². The van der Waals surface area contributed by atoms with Crippen LogP contribution in [0, 0.1) is 6.92 Å². The van der Waals surface area contributed by atoms with Crippen LogP contribution >= 0.6 is 0 Å². The van der Waals surface area contributed by atoms with Crippen molar-refractivity contribution in [2.75, 3.05) is 0 Å². The number of nitrogens with zero attached hydrogens (tertiary/aromatic N) is 2. The second-order valence-corrected chi connectivity index (χ2v) is 8.36. The van der Waals surface area contributed by atoms with Crippen molar-refractivity contribution in [2.24, 2.45) is 0 Å². The number of fused-ring (bicyclic) bond motifs is 1. The Morgan fingerprint density at radius 1 is 1.30 bits per heavy atom. The lowest BCUT2D eigenvalue weighted by Gasteiger charge is -2.20. The quantitative estimate of drug-likeness (QED) is 0.743.